The minimum atomic E-state index is 0.0164. The molecule has 20 heavy (non-hydrogen) atoms. The van der Waals surface area contributed by atoms with Crippen LogP contribution in [0.2, 0.25) is 0 Å². The summed E-state index contributed by atoms with van der Waals surface area (Å²) in [6.07, 6.45) is 5.85. The second-order valence-corrected chi connectivity index (χ2v) is 4.67. The number of nitrogens with two attached hydrogens (primary N) is 1. The summed E-state index contributed by atoms with van der Waals surface area (Å²) < 4.78 is 7.43. The molecule has 0 saturated carbocycles. The topological polar surface area (TPSA) is 76.9 Å². The monoisotopic (exact) mass is 272 g/mol. The Hall–Kier alpha value is -2.30. The van der Waals surface area contributed by atoms with Crippen LogP contribution < -0.4 is 10.5 Å². The average Bonchev–Trinajstić information content (AvgIpc) is 2.86. The summed E-state index contributed by atoms with van der Waals surface area (Å²) in [6, 6.07) is 5.72. The molecule has 0 atom stereocenters. The van der Waals surface area contributed by atoms with Crippen LogP contribution in [0.5, 0.6) is 5.75 Å². The van der Waals surface area contributed by atoms with Gasteiger partial charge < -0.3 is 15.0 Å². The van der Waals surface area contributed by atoms with Crippen LogP contribution in [0, 0.1) is 5.41 Å². The third-order valence-electron chi connectivity index (χ3n) is 3.18. The number of nitrogens with one attached hydrogen (secondary N) is 1. The Morgan fingerprint density at radius 2 is 2.25 bits per heavy atom. The van der Waals surface area contributed by atoms with Crippen LogP contribution in [-0.2, 0) is 13.0 Å². The summed E-state index contributed by atoms with van der Waals surface area (Å²) in [6.45, 7) is 2.88. The summed E-state index contributed by atoms with van der Waals surface area (Å²) >= 11 is 0. The molecule has 0 unspecified atom stereocenters. The van der Waals surface area contributed by atoms with E-state index in [0.717, 1.165) is 30.8 Å². The van der Waals surface area contributed by atoms with Crippen LogP contribution in [0.4, 0.5) is 0 Å². The van der Waals surface area contributed by atoms with E-state index in [4.69, 9.17) is 15.9 Å². The predicted octanol–water partition coefficient (Wildman–Crippen LogP) is 2.18. The fraction of sp³-hybridized carbons (Fsp3) is 0.333. The molecule has 0 amide bonds. The van der Waals surface area contributed by atoms with Crippen molar-refractivity contribution in [2.24, 2.45) is 5.73 Å². The number of imidazole rings is 1. The lowest BCUT2D eigenvalue weighted by molar-refractivity contribution is 0.413. The van der Waals surface area contributed by atoms with E-state index in [9.17, 15) is 0 Å². The minimum absolute atomic E-state index is 0.0164. The highest BCUT2D eigenvalue weighted by molar-refractivity contribution is 5.97. The molecule has 1 aromatic heterocycles. The molecule has 0 saturated heterocycles. The van der Waals surface area contributed by atoms with E-state index in [0.29, 0.717) is 11.3 Å². The number of ether oxygens (including phenoxy) is 1. The van der Waals surface area contributed by atoms with Gasteiger partial charge in [-0.3, -0.25) is 5.41 Å². The number of benzene rings is 1. The smallest absolute Gasteiger partial charge is 0.130 e. The van der Waals surface area contributed by atoms with Crippen molar-refractivity contribution in [1.29, 1.82) is 5.41 Å². The number of aromatic nitrogens is 2. The number of nitrogen functional groups attached to an aromatic ring is 1. The van der Waals surface area contributed by atoms with E-state index in [2.05, 4.69) is 16.5 Å². The molecule has 2 rings (SSSR count). The van der Waals surface area contributed by atoms with Crippen molar-refractivity contribution < 1.29 is 4.74 Å². The fourth-order valence-electron chi connectivity index (χ4n) is 2.19. The van der Waals surface area contributed by atoms with Gasteiger partial charge >= 0.3 is 0 Å². The van der Waals surface area contributed by atoms with Crippen LogP contribution in [0.15, 0.2) is 30.6 Å². The summed E-state index contributed by atoms with van der Waals surface area (Å²) in [7, 11) is 1.59. The Labute approximate surface area is 118 Å². The van der Waals surface area contributed by atoms with Gasteiger partial charge in [-0.15, -0.1) is 0 Å². The van der Waals surface area contributed by atoms with Gasteiger partial charge in [-0.1, -0.05) is 13.0 Å². The van der Waals surface area contributed by atoms with E-state index in [-0.39, 0.29) is 5.84 Å². The molecule has 5 nitrogen and oxygen atoms in total. The largest absolute Gasteiger partial charge is 0.496 e. The molecule has 0 spiro atoms. The molecule has 0 bridgehead atoms. The molecule has 106 valence electrons. The van der Waals surface area contributed by atoms with Gasteiger partial charge in [-0.2, -0.15) is 0 Å². The molecule has 0 aliphatic rings. The lowest BCUT2D eigenvalue weighted by Crippen LogP contribution is -2.13. The summed E-state index contributed by atoms with van der Waals surface area (Å²) in [5.41, 5.74) is 7.25. The van der Waals surface area contributed by atoms with Crippen molar-refractivity contribution in [2.75, 3.05) is 7.11 Å². The molecule has 1 heterocycles. The molecular weight excluding hydrogens is 252 g/mol. The number of hydrogen-bond acceptors (Lipinski definition) is 3. The van der Waals surface area contributed by atoms with Crippen LogP contribution in [0.3, 0.4) is 0 Å². The Balaban J connectivity index is 2.25. The number of aryl methyl sites for hydroxylation is 1. The predicted molar refractivity (Wildman–Crippen MR) is 79.3 cm³/mol. The maximum absolute atomic E-state index is 7.52. The zero-order valence-electron chi connectivity index (χ0n) is 11.9. The molecule has 0 aliphatic carbocycles. The maximum Gasteiger partial charge on any atom is 0.130 e. The van der Waals surface area contributed by atoms with Crippen LogP contribution in [0.25, 0.3) is 0 Å². The lowest BCUT2D eigenvalue weighted by atomic mass is 10.1. The molecule has 2 aromatic rings. The number of rotatable bonds is 6. The number of nitrogens with zero attached hydrogens (tertiary/aromatic N) is 2. The number of amidine groups is 1. The first-order valence-electron chi connectivity index (χ1n) is 6.67. The van der Waals surface area contributed by atoms with Gasteiger partial charge in [0.1, 0.15) is 17.4 Å². The molecule has 5 heteroatoms. The summed E-state index contributed by atoms with van der Waals surface area (Å²) in [4.78, 5) is 4.37. The van der Waals surface area contributed by atoms with E-state index in [1.165, 1.54) is 0 Å². The normalized spacial score (nSPS) is 10.5. The highest BCUT2D eigenvalue weighted by atomic mass is 16.5. The highest BCUT2D eigenvalue weighted by Gasteiger charge is 2.08. The first-order valence-corrected chi connectivity index (χ1v) is 6.67. The second kappa shape index (κ2) is 6.23. The molecule has 0 radical (unpaired) electrons. The molecule has 3 N–H and O–H groups in total. The van der Waals surface area contributed by atoms with Crippen molar-refractivity contribution in [2.45, 2.75) is 26.3 Å². The SMILES string of the molecule is CCCc1nccn1Cc1ccc(C(=N)N)c(OC)c1. The van der Waals surface area contributed by atoms with E-state index >= 15 is 0 Å². The zero-order chi connectivity index (χ0) is 14.5. The third kappa shape index (κ3) is 2.99. The van der Waals surface area contributed by atoms with Gasteiger partial charge in [0, 0.05) is 25.4 Å². The van der Waals surface area contributed by atoms with Gasteiger partial charge in [0.05, 0.1) is 12.7 Å². The third-order valence-corrected chi connectivity index (χ3v) is 3.18. The first kappa shape index (κ1) is 14.1. The quantitative estimate of drug-likeness (QED) is 0.625. The van der Waals surface area contributed by atoms with Crippen LogP contribution >= 0.6 is 0 Å². The Bertz CT molecular complexity index is 604. The van der Waals surface area contributed by atoms with Crippen molar-refractivity contribution in [3.05, 3.63) is 47.5 Å². The van der Waals surface area contributed by atoms with Gasteiger partial charge in [0.15, 0.2) is 0 Å². The van der Waals surface area contributed by atoms with Crippen LogP contribution in [-0.4, -0.2) is 22.5 Å². The minimum Gasteiger partial charge on any atom is -0.496 e. The molecule has 0 aliphatic heterocycles. The lowest BCUT2D eigenvalue weighted by Gasteiger charge is -2.11. The van der Waals surface area contributed by atoms with E-state index in [1.54, 1.807) is 7.11 Å². The standard InChI is InChI=1S/C15H20N4O/c1-3-4-14-18-7-8-19(14)10-11-5-6-12(15(16)17)13(9-11)20-2/h5-9H,3-4,10H2,1-2H3,(H3,16,17). The Kier molecular flexibility index (Phi) is 4.40. The number of methoxy groups -OCH3 is 1. The second-order valence-electron chi connectivity index (χ2n) is 4.67. The van der Waals surface area contributed by atoms with Crippen molar-refractivity contribution >= 4 is 5.84 Å². The van der Waals surface area contributed by atoms with Gasteiger partial charge in [0.25, 0.3) is 0 Å². The molecule has 0 fully saturated rings. The Morgan fingerprint density at radius 1 is 1.45 bits per heavy atom. The maximum atomic E-state index is 7.52. The number of hydrogen-bond donors (Lipinski definition) is 2. The first-order chi connectivity index (χ1) is 9.65. The van der Waals surface area contributed by atoms with E-state index in [1.807, 2.05) is 30.6 Å². The average molecular weight is 272 g/mol. The zero-order valence-corrected chi connectivity index (χ0v) is 11.9. The Morgan fingerprint density at radius 3 is 2.90 bits per heavy atom. The highest BCUT2D eigenvalue weighted by Crippen LogP contribution is 2.20. The van der Waals surface area contributed by atoms with Crippen molar-refractivity contribution in [1.82, 2.24) is 9.55 Å². The van der Waals surface area contributed by atoms with Crippen LogP contribution in [0.1, 0.15) is 30.3 Å². The van der Waals surface area contributed by atoms with Crippen molar-refractivity contribution in [3.8, 4) is 5.75 Å². The summed E-state index contributed by atoms with van der Waals surface area (Å²) in [5.74, 6) is 1.73. The van der Waals surface area contributed by atoms with Crippen molar-refractivity contribution in [3.63, 3.8) is 0 Å². The summed E-state index contributed by atoms with van der Waals surface area (Å²) in [5, 5.41) is 7.52. The molecular formula is C15H20N4O. The fourth-order valence-corrected chi connectivity index (χ4v) is 2.19. The van der Waals surface area contributed by atoms with Gasteiger partial charge in [0.2, 0.25) is 0 Å². The van der Waals surface area contributed by atoms with Gasteiger partial charge in [-0.25, -0.2) is 4.98 Å². The molecule has 1 aromatic carbocycles. The van der Waals surface area contributed by atoms with E-state index < -0.39 is 0 Å². The van der Waals surface area contributed by atoms with Gasteiger partial charge in [-0.05, 0) is 24.1 Å².